The molecule has 1 heterocycles. The minimum absolute atomic E-state index is 0.200. The first-order chi connectivity index (χ1) is 5.81. The third kappa shape index (κ3) is 1.33. The molecule has 0 saturated heterocycles. The summed E-state index contributed by atoms with van der Waals surface area (Å²) in [7, 11) is 0. The Labute approximate surface area is 71.6 Å². The number of halogens is 1. The summed E-state index contributed by atoms with van der Waals surface area (Å²) in [6, 6.07) is 1.64. The normalized spacial score (nSPS) is 16.5. The van der Waals surface area contributed by atoms with Crippen LogP contribution in [0.2, 0.25) is 0 Å². The molecule has 1 aliphatic carbocycles. The van der Waals surface area contributed by atoms with E-state index in [2.05, 4.69) is 11.9 Å². The van der Waals surface area contributed by atoms with E-state index >= 15 is 0 Å². The van der Waals surface area contributed by atoms with E-state index in [0.717, 1.165) is 17.7 Å². The van der Waals surface area contributed by atoms with E-state index in [0.29, 0.717) is 5.92 Å². The zero-order valence-electron chi connectivity index (χ0n) is 7.18. The van der Waals surface area contributed by atoms with Crippen LogP contribution < -0.4 is 0 Å². The third-order valence-electron chi connectivity index (χ3n) is 2.32. The molecule has 0 amide bonds. The molecular formula is C10H12FN. The highest BCUT2D eigenvalue weighted by molar-refractivity contribution is 5.28. The predicted molar refractivity (Wildman–Crippen MR) is 45.5 cm³/mol. The van der Waals surface area contributed by atoms with Crippen LogP contribution in [0.3, 0.4) is 0 Å². The summed E-state index contributed by atoms with van der Waals surface area (Å²) < 4.78 is 12.8. The van der Waals surface area contributed by atoms with Crippen molar-refractivity contribution >= 4 is 0 Å². The van der Waals surface area contributed by atoms with Crippen molar-refractivity contribution in [1.82, 2.24) is 4.98 Å². The van der Waals surface area contributed by atoms with Crippen LogP contribution >= 0.6 is 0 Å². The van der Waals surface area contributed by atoms with Crippen LogP contribution in [0.15, 0.2) is 12.3 Å². The summed E-state index contributed by atoms with van der Waals surface area (Å²) in [5, 5.41) is 0. The first kappa shape index (κ1) is 7.71. The minimum atomic E-state index is -0.200. The average Bonchev–Trinajstić information content (AvgIpc) is 2.87. The molecule has 1 nitrogen and oxygen atoms in total. The van der Waals surface area contributed by atoms with E-state index in [4.69, 9.17) is 0 Å². The Hall–Kier alpha value is -0.920. The van der Waals surface area contributed by atoms with Gasteiger partial charge in [-0.15, -0.1) is 0 Å². The van der Waals surface area contributed by atoms with Gasteiger partial charge < -0.3 is 0 Å². The summed E-state index contributed by atoms with van der Waals surface area (Å²) >= 11 is 0. The molecule has 1 aliphatic rings. The number of pyridine rings is 1. The lowest BCUT2D eigenvalue weighted by atomic mass is 10.1. The monoisotopic (exact) mass is 165 g/mol. The molecule has 2 rings (SSSR count). The van der Waals surface area contributed by atoms with Gasteiger partial charge in [0.15, 0.2) is 0 Å². The van der Waals surface area contributed by atoms with Crippen molar-refractivity contribution in [2.24, 2.45) is 0 Å². The van der Waals surface area contributed by atoms with Gasteiger partial charge in [-0.05, 0) is 36.8 Å². The van der Waals surface area contributed by atoms with Crippen molar-refractivity contribution in [2.75, 3.05) is 0 Å². The van der Waals surface area contributed by atoms with Gasteiger partial charge in [-0.3, -0.25) is 4.98 Å². The number of hydrogen-bond donors (Lipinski definition) is 0. The number of aromatic nitrogens is 1. The maximum absolute atomic E-state index is 12.8. The van der Waals surface area contributed by atoms with E-state index in [-0.39, 0.29) is 5.82 Å². The van der Waals surface area contributed by atoms with Gasteiger partial charge in [0, 0.05) is 5.69 Å². The van der Waals surface area contributed by atoms with Crippen molar-refractivity contribution in [3.63, 3.8) is 0 Å². The van der Waals surface area contributed by atoms with Crippen molar-refractivity contribution in [1.29, 1.82) is 0 Å². The van der Waals surface area contributed by atoms with E-state index < -0.39 is 0 Å². The highest BCUT2D eigenvalue weighted by atomic mass is 19.1. The van der Waals surface area contributed by atoms with Crippen LogP contribution in [0.5, 0.6) is 0 Å². The van der Waals surface area contributed by atoms with Crippen LogP contribution in [0.25, 0.3) is 0 Å². The summed E-state index contributed by atoms with van der Waals surface area (Å²) in [5.41, 5.74) is 2.21. The number of hydrogen-bond acceptors (Lipinski definition) is 1. The molecule has 1 fully saturated rings. The van der Waals surface area contributed by atoms with Crippen molar-refractivity contribution < 1.29 is 4.39 Å². The van der Waals surface area contributed by atoms with Gasteiger partial charge in [-0.1, -0.05) is 6.92 Å². The molecule has 64 valence electrons. The molecule has 1 aromatic heterocycles. The molecule has 0 atom stereocenters. The zero-order valence-corrected chi connectivity index (χ0v) is 7.18. The second kappa shape index (κ2) is 2.85. The Morgan fingerprint density at radius 2 is 2.33 bits per heavy atom. The number of nitrogens with zero attached hydrogens (tertiary/aromatic N) is 1. The summed E-state index contributed by atoms with van der Waals surface area (Å²) in [5.74, 6) is 0.400. The molecule has 0 aliphatic heterocycles. The predicted octanol–water partition coefficient (Wildman–Crippen LogP) is 2.66. The molecule has 0 aromatic carbocycles. The van der Waals surface area contributed by atoms with Gasteiger partial charge in [0.2, 0.25) is 0 Å². The molecule has 0 N–H and O–H groups in total. The van der Waals surface area contributed by atoms with Crippen LogP contribution in [-0.2, 0) is 6.42 Å². The SMILES string of the molecule is CCc1ncc(F)cc1C1CC1. The largest absolute Gasteiger partial charge is 0.258 e. The van der Waals surface area contributed by atoms with Gasteiger partial charge in [0.05, 0.1) is 6.20 Å². The van der Waals surface area contributed by atoms with E-state index in [1.807, 2.05) is 0 Å². The maximum atomic E-state index is 12.8. The molecular weight excluding hydrogens is 153 g/mol. The molecule has 1 aromatic rings. The topological polar surface area (TPSA) is 12.9 Å². The van der Waals surface area contributed by atoms with E-state index in [1.165, 1.54) is 19.0 Å². The quantitative estimate of drug-likeness (QED) is 0.656. The number of rotatable bonds is 2. The summed E-state index contributed by atoms with van der Waals surface area (Å²) in [6.07, 6.45) is 4.63. The Morgan fingerprint density at radius 1 is 1.58 bits per heavy atom. The van der Waals surface area contributed by atoms with Crippen molar-refractivity contribution in [2.45, 2.75) is 32.1 Å². The Kier molecular flexibility index (Phi) is 1.83. The van der Waals surface area contributed by atoms with Crippen LogP contribution in [0.4, 0.5) is 4.39 Å². The lowest BCUT2D eigenvalue weighted by molar-refractivity contribution is 0.615. The second-order valence-electron chi connectivity index (χ2n) is 3.32. The number of aryl methyl sites for hydroxylation is 1. The van der Waals surface area contributed by atoms with E-state index in [1.54, 1.807) is 6.07 Å². The highest BCUT2D eigenvalue weighted by Gasteiger charge is 2.26. The van der Waals surface area contributed by atoms with Gasteiger partial charge in [0.1, 0.15) is 5.82 Å². The Bertz CT molecular complexity index is 292. The van der Waals surface area contributed by atoms with Gasteiger partial charge in [-0.25, -0.2) is 4.39 Å². The van der Waals surface area contributed by atoms with Gasteiger partial charge in [0.25, 0.3) is 0 Å². The third-order valence-corrected chi connectivity index (χ3v) is 2.32. The fourth-order valence-electron chi connectivity index (χ4n) is 1.53. The van der Waals surface area contributed by atoms with Crippen LogP contribution in [0, 0.1) is 5.82 Å². The lowest BCUT2D eigenvalue weighted by Crippen LogP contribution is -1.95. The summed E-state index contributed by atoms with van der Waals surface area (Å²) in [4.78, 5) is 4.08. The fourth-order valence-corrected chi connectivity index (χ4v) is 1.53. The van der Waals surface area contributed by atoms with Gasteiger partial charge in [-0.2, -0.15) is 0 Å². The average molecular weight is 165 g/mol. The fraction of sp³-hybridized carbons (Fsp3) is 0.500. The molecule has 0 spiro atoms. The standard InChI is InChI=1S/C10H12FN/c1-2-10-9(7-3-4-7)5-8(11)6-12-10/h5-7H,2-4H2,1H3. The molecule has 0 unspecified atom stereocenters. The molecule has 0 bridgehead atoms. The second-order valence-corrected chi connectivity index (χ2v) is 3.32. The maximum Gasteiger partial charge on any atom is 0.141 e. The molecule has 0 radical (unpaired) electrons. The first-order valence-corrected chi connectivity index (χ1v) is 4.45. The lowest BCUT2D eigenvalue weighted by Gasteiger charge is -2.04. The van der Waals surface area contributed by atoms with Gasteiger partial charge >= 0.3 is 0 Å². The summed E-state index contributed by atoms with van der Waals surface area (Å²) in [6.45, 7) is 2.06. The highest BCUT2D eigenvalue weighted by Crippen LogP contribution is 2.41. The zero-order chi connectivity index (χ0) is 8.55. The smallest absolute Gasteiger partial charge is 0.141 e. The van der Waals surface area contributed by atoms with Crippen LogP contribution in [-0.4, -0.2) is 4.98 Å². The van der Waals surface area contributed by atoms with E-state index in [9.17, 15) is 4.39 Å². The first-order valence-electron chi connectivity index (χ1n) is 4.45. The minimum Gasteiger partial charge on any atom is -0.258 e. The molecule has 1 saturated carbocycles. The molecule has 12 heavy (non-hydrogen) atoms. The molecule has 2 heteroatoms. The Balaban J connectivity index is 2.39. The van der Waals surface area contributed by atoms with Crippen molar-refractivity contribution in [3.05, 3.63) is 29.3 Å². The Morgan fingerprint density at radius 3 is 2.92 bits per heavy atom. The van der Waals surface area contributed by atoms with Crippen LogP contribution in [0.1, 0.15) is 36.9 Å². The van der Waals surface area contributed by atoms with Crippen molar-refractivity contribution in [3.8, 4) is 0 Å².